The number of carboxylic acids is 1. The van der Waals surface area contributed by atoms with Gasteiger partial charge in [0.25, 0.3) is 5.92 Å². The predicted molar refractivity (Wildman–Crippen MR) is 109 cm³/mol. The number of rotatable bonds is 6. The number of aliphatic carboxylic acids is 1. The predicted octanol–water partition coefficient (Wildman–Crippen LogP) is 2.02. The van der Waals surface area contributed by atoms with E-state index in [4.69, 9.17) is 14.2 Å². The maximum Gasteiger partial charge on any atom is 0.410 e. The summed E-state index contributed by atoms with van der Waals surface area (Å²) in [5.74, 6) is -5.29. The Bertz CT molecular complexity index is 1070. The summed E-state index contributed by atoms with van der Waals surface area (Å²) >= 11 is 0. The fourth-order valence-corrected chi connectivity index (χ4v) is 3.66. The number of likely N-dealkylation sites (tertiary alicyclic amines) is 1. The third kappa shape index (κ3) is 5.29. The Labute approximate surface area is 188 Å². The van der Waals surface area contributed by atoms with E-state index >= 15 is 8.78 Å². The van der Waals surface area contributed by atoms with Gasteiger partial charge in [0.05, 0.1) is 42.3 Å². The van der Waals surface area contributed by atoms with E-state index in [-0.39, 0.29) is 25.1 Å². The number of epoxide rings is 1. The van der Waals surface area contributed by atoms with Crippen molar-refractivity contribution in [1.82, 2.24) is 14.9 Å². The Morgan fingerprint density at radius 2 is 1.85 bits per heavy atom. The van der Waals surface area contributed by atoms with Crippen molar-refractivity contribution in [2.75, 3.05) is 13.2 Å². The summed E-state index contributed by atoms with van der Waals surface area (Å²) in [7, 11) is 0. The van der Waals surface area contributed by atoms with Crippen LogP contribution in [0, 0.1) is 0 Å². The van der Waals surface area contributed by atoms with Crippen LogP contribution in [0.25, 0.3) is 11.0 Å². The second-order valence-corrected chi connectivity index (χ2v) is 9.17. The average Bonchev–Trinajstić information content (AvgIpc) is 3.40. The molecule has 4 rings (SSSR count). The molecule has 1 aromatic heterocycles. The molecule has 3 heterocycles. The van der Waals surface area contributed by atoms with Gasteiger partial charge in [0.2, 0.25) is 5.88 Å². The minimum Gasteiger partial charge on any atom is -0.548 e. The largest absolute Gasteiger partial charge is 0.548 e. The molecule has 2 aliphatic heterocycles. The van der Waals surface area contributed by atoms with Gasteiger partial charge in [-0.25, -0.2) is 14.8 Å². The molecule has 1 amide bonds. The van der Waals surface area contributed by atoms with Crippen molar-refractivity contribution in [3.63, 3.8) is 0 Å². The molecule has 1 aromatic carbocycles. The fourth-order valence-electron chi connectivity index (χ4n) is 3.66. The molecule has 33 heavy (non-hydrogen) atoms. The number of hydrogen-bond acceptors (Lipinski definition) is 8. The first-order valence-corrected chi connectivity index (χ1v) is 10.6. The lowest BCUT2D eigenvalue weighted by Gasteiger charge is -2.28. The highest BCUT2D eigenvalue weighted by atomic mass is 19.3. The van der Waals surface area contributed by atoms with Crippen molar-refractivity contribution in [2.45, 2.75) is 63.4 Å². The molecule has 3 atom stereocenters. The Balaban J connectivity index is 1.63. The topological polar surface area (TPSA) is 117 Å². The molecule has 2 fully saturated rings. The van der Waals surface area contributed by atoms with Gasteiger partial charge in [0.1, 0.15) is 11.7 Å². The number of carbonyl (C=O) groups excluding carboxylic acids is 2. The minimum absolute atomic E-state index is 0.174. The number of alkyl halides is 2. The van der Waals surface area contributed by atoms with Gasteiger partial charge < -0.3 is 24.1 Å². The molecule has 2 aliphatic rings. The molecule has 1 unspecified atom stereocenters. The van der Waals surface area contributed by atoms with E-state index < -0.39 is 59.8 Å². The van der Waals surface area contributed by atoms with E-state index in [1.807, 2.05) is 0 Å². The summed E-state index contributed by atoms with van der Waals surface area (Å²) in [6.07, 6.45) is -3.11. The third-order valence-corrected chi connectivity index (χ3v) is 5.21. The first-order chi connectivity index (χ1) is 15.4. The number of nitrogens with zero attached hydrogens (tertiary/aromatic N) is 3. The van der Waals surface area contributed by atoms with E-state index in [0.29, 0.717) is 5.52 Å². The Morgan fingerprint density at radius 1 is 1.21 bits per heavy atom. The number of carbonyl (C=O) groups is 2. The van der Waals surface area contributed by atoms with Crippen molar-refractivity contribution in [1.29, 1.82) is 0 Å². The third-order valence-electron chi connectivity index (χ3n) is 5.21. The van der Waals surface area contributed by atoms with E-state index in [1.54, 1.807) is 45.0 Å². The highest BCUT2D eigenvalue weighted by molar-refractivity contribution is 5.80. The monoisotopic (exact) mass is 464 g/mol. The molecule has 0 N–H and O–H groups in total. The maximum atomic E-state index is 15.1. The molecule has 0 saturated carbocycles. The second kappa shape index (κ2) is 8.36. The van der Waals surface area contributed by atoms with Crippen LogP contribution in [-0.2, 0) is 20.2 Å². The second-order valence-electron chi connectivity index (χ2n) is 9.17. The van der Waals surface area contributed by atoms with Crippen molar-refractivity contribution in [3.05, 3.63) is 30.0 Å². The number of halogens is 2. The van der Waals surface area contributed by atoms with E-state index in [9.17, 15) is 14.7 Å². The Morgan fingerprint density at radius 3 is 2.42 bits per heavy atom. The van der Waals surface area contributed by atoms with Crippen LogP contribution >= 0.6 is 0 Å². The lowest BCUT2D eigenvalue weighted by Crippen LogP contribution is -2.48. The van der Waals surface area contributed by atoms with Gasteiger partial charge in [-0.15, -0.1) is 0 Å². The van der Waals surface area contributed by atoms with Crippen LogP contribution in [0.1, 0.15) is 39.3 Å². The summed E-state index contributed by atoms with van der Waals surface area (Å²) in [5, 5.41) is 11.6. The highest BCUT2D eigenvalue weighted by Gasteiger charge is 2.45. The van der Waals surface area contributed by atoms with Gasteiger partial charge in [-0.3, -0.25) is 4.90 Å². The first-order valence-electron chi connectivity index (χ1n) is 10.6. The number of carboxylic acid groups (broad SMARTS) is 1. The zero-order valence-corrected chi connectivity index (χ0v) is 18.4. The number of para-hydroxylation sites is 2. The van der Waals surface area contributed by atoms with E-state index in [0.717, 1.165) is 4.90 Å². The van der Waals surface area contributed by atoms with E-state index in [2.05, 4.69) is 9.97 Å². The summed E-state index contributed by atoms with van der Waals surface area (Å²) in [6, 6.07) is 5.17. The number of benzene rings is 1. The van der Waals surface area contributed by atoms with Gasteiger partial charge in [-0.05, 0) is 32.9 Å². The van der Waals surface area contributed by atoms with Crippen LogP contribution < -0.4 is 9.84 Å². The number of hydrogen-bond donors (Lipinski definition) is 0. The molecular formula is C22H24F2N3O6-. The summed E-state index contributed by atoms with van der Waals surface area (Å²) < 4.78 is 46.1. The number of fused-ring (bicyclic) bond motifs is 1. The van der Waals surface area contributed by atoms with Crippen LogP contribution in [0.2, 0.25) is 0 Å². The minimum atomic E-state index is -3.38. The van der Waals surface area contributed by atoms with Gasteiger partial charge in [0.15, 0.2) is 5.69 Å². The van der Waals surface area contributed by atoms with Gasteiger partial charge in [0, 0.05) is 12.8 Å². The Hall–Kier alpha value is -3.08. The summed E-state index contributed by atoms with van der Waals surface area (Å²) in [6.45, 7) is 4.98. The standard InChI is InChI=1S/C22H25F2N3O6/c1-21(2,3)33-20(30)27-10-12(8-16(27)19(28)29)32-18-17(22(23,24)9-13-11-31-13)25-14-6-4-5-7-15(14)26-18/h4-7,12-13,16H,8-11H2,1-3H3,(H,28,29)/p-1/t12-,13?,16+/m1/s1. The molecule has 2 aromatic rings. The maximum absolute atomic E-state index is 15.1. The number of ether oxygens (including phenoxy) is 3. The van der Waals surface area contributed by atoms with Crippen molar-refractivity contribution >= 4 is 23.1 Å². The molecular weight excluding hydrogens is 440 g/mol. The lowest BCUT2D eigenvalue weighted by atomic mass is 10.1. The van der Waals surface area contributed by atoms with E-state index in [1.165, 1.54) is 0 Å². The lowest BCUT2D eigenvalue weighted by molar-refractivity contribution is -0.310. The Kier molecular flexibility index (Phi) is 5.85. The highest BCUT2D eigenvalue weighted by Crippen LogP contribution is 2.40. The van der Waals surface area contributed by atoms with Crippen LogP contribution in [0.4, 0.5) is 13.6 Å². The van der Waals surface area contributed by atoms with Gasteiger partial charge in [-0.2, -0.15) is 8.78 Å². The zero-order chi connectivity index (χ0) is 24.0. The van der Waals surface area contributed by atoms with Gasteiger partial charge in [-0.1, -0.05) is 12.1 Å². The fraction of sp³-hybridized carbons (Fsp3) is 0.545. The smallest absolute Gasteiger partial charge is 0.410 e. The normalized spacial score (nSPS) is 22.9. The van der Waals surface area contributed by atoms with Crippen molar-refractivity contribution in [2.24, 2.45) is 0 Å². The number of aromatic nitrogens is 2. The van der Waals surface area contributed by atoms with Crippen molar-refractivity contribution in [3.8, 4) is 5.88 Å². The van der Waals surface area contributed by atoms with Gasteiger partial charge >= 0.3 is 6.09 Å². The van der Waals surface area contributed by atoms with Crippen LogP contribution in [-0.4, -0.2) is 63.9 Å². The van der Waals surface area contributed by atoms with Crippen LogP contribution in [0.5, 0.6) is 5.88 Å². The molecule has 0 bridgehead atoms. The molecule has 2 saturated heterocycles. The summed E-state index contributed by atoms with van der Waals surface area (Å²) in [4.78, 5) is 33.4. The quantitative estimate of drug-likeness (QED) is 0.596. The molecule has 0 spiro atoms. The molecule has 11 heteroatoms. The number of amides is 1. The SMILES string of the molecule is CC(C)(C)OC(=O)N1C[C@H](Oc2nc3ccccc3nc2C(F)(F)CC2CO2)C[C@H]1C(=O)[O-]. The average molecular weight is 464 g/mol. The molecule has 178 valence electrons. The molecule has 9 nitrogen and oxygen atoms in total. The zero-order valence-electron chi connectivity index (χ0n) is 18.4. The first kappa shape index (κ1) is 23.1. The van der Waals surface area contributed by atoms with Crippen molar-refractivity contribution < 1.29 is 37.7 Å². The molecule has 0 radical (unpaired) electrons. The van der Waals surface area contributed by atoms with Crippen LogP contribution in [0.15, 0.2) is 24.3 Å². The van der Waals surface area contributed by atoms with Crippen LogP contribution in [0.3, 0.4) is 0 Å². The summed E-state index contributed by atoms with van der Waals surface area (Å²) in [5.41, 5.74) is -0.896. The molecule has 0 aliphatic carbocycles.